The van der Waals surface area contributed by atoms with Crippen LogP contribution in [0.4, 0.5) is 4.79 Å². The number of hydrogen-bond acceptors (Lipinski definition) is 7. The number of rotatable bonds is 7. The van der Waals surface area contributed by atoms with E-state index in [1.54, 1.807) is 39.0 Å². The Morgan fingerprint density at radius 1 is 1.24 bits per heavy atom. The molecule has 0 saturated heterocycles. The third-order valence-corrected chi connectivity index (χ3v) is 4.92. The molecule has 1 amide bonds. The molecule has 1 heterocycles. The van der Waals surface area contributed by atoms with Crippen LogP contribution in [0.1, 0.15) is 51.2 Å². The van der Waals surface area contributed by atoms with Gasteiger partial charge in [-0.2, -0.15) is 0 Å². The van der Waals surface area contributed by atoms with Crippen molar-refractivity contribution in [1.29, 1.82) is 0 Å². The van der Waals surface area contributed by atoms with Gasteiger partial charge in [0.15, 0.2) is 5.78 Å². The second kappa shape index (κ2) is 10.8. The summed E-state index contributed by atoms with van der Waals surface area (Å²) >= 11 is 0. The Balaban J connectivity index is 1.36. The first-order valence-electron chi connectivity index (χ1n) is 11.1. The van der Waals surface area contributed by atoms with Crippen LogP contribution in [-0.4, -0.2) is 61.3 Å². The molecule has 0 radical (unpaired) electrons. The lowest BCUT2D eigenvalue weighted by Gasteiger charge is -2.37. The zero-order valence-electron chi connectivity index (χ0n) is 19.4. The average molecular weight is 458 g/mol. The monoisotopic (exact) mass is 457 g/mol. The van der Waals surface area contributed by atoms with Crippen molar-refractivity contribution in [1.82, 2.24) is 5.32 Å². The molecule has 0 spiro atoms. The molecule has 1 aromatic carbocycles. The molecule has 8 nitrogen and oxygen atoms in total. The molecule has 1 fully saturated rings. The topological polar surface area (TPSA) is 103 Å². The molecule has 1 unspecified atom stereocenters. The fourth-order valence-corrected chi connectivity index (χ4v) is 3.47. The number of ketones is 1. The van der Waals surface area contributed by atoms with E-state index in [9.17, 15) is 14.7 Å². The molecule has 1 aliphatic carbocycles. The second-order valence-corrected chi connectivity index (χ2v) is 8.87. The Morgan fingerprint density at radius 3 is 2.82 bits per heavy atom. The Kier molecular flexibility index (Phi) is 8.14. The number of carbonyl (C=O) groups excluding carboxylic acids is 2. The highest BCUT2D eigenvalue weighted by atomic mass is 16.6. The molecule has 8 heteroatoms. The minimum Gasteiger partial charge on any atom is -0.457 e. The van der Waals surface area contributed by atoms with Crippen LogP contribution in [0.2, 0.25) is 0 Å². The zero-order chi connectivity index (χ0) is 23.9. The average Bonchev–Trinajstić information content (AvgIpc) is 2.72. The Morgan fingerprint density at radius 2 is 2.03 bits per heavy atom. The van der Waals surface area contributed by atoms with Gasteiger partial charge in [-0.1, -0.05) is 11.8 Å². The van der Waals surface area contributed by atoms with Gasteiger partial charge < -0.3 is 29.4 Å². The number of hydrogen-bond donors (Lipinski definition) is 2. The minimum absolute atomic E-state index is 0.0814. The van der Waals surface area contributed by atoms with Crippen LogP contribution < -0.4 is 10.1 Å². The normalized spacial score (nSPS) is 19.3. The smallest absolute Gasteiger partial charge is 0.407 e. The molecule has 1 aliphatic heterocycles. The first kappa shape index (κ1) is 24.8. The second-order valence-electron chi connectivity index (χ2n) is 8.87. The Bertz CT molecular complexity index is 967. The van der Waals surface area contributed by atoms with Gasteiger partial charge in [0.1, 0.15) is 18.0 Å². The zero-order valence-corrected chi connectivity index (χ0v) is 19.4. The molecule has 0 aromatic heterocycles. The van der Waals surface area contributed by atoms with Crippen LogP contribution in [-0.2, 0) is 19.0 Å². The number of amides is 1. The summed E-state index contributed by atoms with van der Waals surface area (Å²) in [7, 11) is 0. The molecule has 178 valence electrons. The van der Waals surface area contributed by atoms with Crippen LogP contribution in [0.15, 0.2) is 23.8 Å². The van der Waals surface area contributed by atoms with Crippen LogP contribution in [0.25, 0.3) is 6.08 Å². The quantitative estimate of drug-likeness (QED) is 0.479. The van der Waals surface area contributed by atoms with Gasteiger partial charge in [-0.15, -0.1) is 0 Å². The van der Waals surface area contributed by atoms with Crippen molar-refractivity contribution < 1.29 is 33.6 Å². The van der Waals surface area contributed by atoms with Gasteiger partial charge in [0.25, 0.3) is 0 Å². The number of ether oxygens (including phenoxy) is 4. The van der Waals surface area contributed by atoms with Crippen molar-refractivity contribution in [3.8, 4) is 17.6 Å². The van der Waals surface area contributed by atoms with Crippen molar-refractivity contribution in [3.63, 3.8) is 0 Å². The number of benzene rings is 1. The summed E-state index contributed by atoms with van der Waals surface area (Å²) < 4.78 is 21.7. The van der Waals surface area contributed by atoms with E-state index in [1.807, 2.05) is 6.07 Å². The predicted molar refractivity (Wildman–Crippen MR) is 122 cm³/mol. The van der Waals surface area contributed by atoms with Gasteiger partial charge in [-0.05, 0) is 51.5 Å². The van der Waals surface area contributed by atoms with Gasteiger partial charge >= 0.3 is 6.09 Å². The minimum atomic E-state index is -1.52. The summed E-state index contributed by atoms with van der Waals surface area (Å²) in [4.78, 5) is 23.7. The lowest BCUT2D eigenvalue weighted by atomic mass is 9.84. The highest BCUT2D eigenvalue weighted by Crippen LogP contribution is 2.40. The van der Waals surface area contributed by atoms with Crippen molar-refractivity contribution in [2.45, 2.75) is 51.4 Å². The number of alkyl carbamates (subject to hydrolysis) is 1. The number of fused-ring (bicyclic) bond motifs is 2. The van der Waals surface area contributed by atoms with Crippen LogP contribution in [0.5, 0.6) is 5.75 Å². The molecule has 1 saturated carbocycles. The molecule has 3 rings (SSSR count). The summed E-state index contributed by atoms with van der Waals surface area (Å²) in [6, 6.07) is 5.39. The molecule has 2 aliphatic rings. The van der Waals surface area contributed by atoms with E-state index < -0.39 is 17.5 Å². The van der Waals surface area contributed by atoms with E-state index in [2.05, 4.69) is 17.2 Å². The maximum atomic E-state index is 12.2. The van der Waals surface area contributed by atoms with E-state index in [0.717, 1.165) is 11.1 Å². The van der Waals surface area contributed by atoms with E-state index >= 15 is 0 Å². The van der Waals surface area contributed by atoms with Crippen molar-refractivity contribution in [2.24, 2.45) is 0 Å². The third kappa shape index (κ3) is 7.32. The maximum Gasteiger partial charge on any atom is 0.407 e. The summed E-state index contributed by atoms with van der Waals surface area (Å²) in [5.41, 5.74) is 1.28. The van der Waals surface area contributed by atoms with Crippen molar-refractivity contribution in [3.05, 3.63) is 34.9 Å². The molecule has 33 heavy (non-hydrogen) atoms. The fraction of sp³-hybridized carbons (Fsp3) is 0.520. The number of aliphatic hydroxyl groups is 1. The number of Topliss-reactive ketones (excluding diaryl/α,β-unsaturated/α-hetero) is 1. The highest BCUT2D eigenvalue weighted by molar-refractivity contribution is 6.02. The highest BCUT2D eigenvalue weighted by Gasteiger charge is 2.43. The standard InChI is InChI=1S/C25H31NO7/c1-24(2,3)33-23(28)26-11-13-31-15-14-30-12-5-6-18-8-9-22-19(16-18)17-20-21(27)7-4-10-25(20,29)32-22/h8-9,16-17,29H,4,7,10-15H2,1-3H3,(H,26,28). The predicted octanol–water partition coefficient (Wildman–Crippen LogP) is 2.81. The van der Waals surface area contributed by atoms with Crippen molar-refractivity contribution in [2.75, 3.05) is 33.0 Å². The maximum absolute atomic E-state index is 12.2. The molecule has 0 bridgehead atoms. The van der Waals surface area contributed by atoms with Gasteiger partial charge in [-0.3, -0.25) is 4.79 Å². The molecule has 2 N–H and O–H groups in total. The van der Waals surface area contributed by atoms with E-state index in [0.29, 0.717) is 57.0 Å². The van der Waals surface area contributed by atoms with Gasteiger partial charge in [-0.25, -0.2) is 4.79 Å². The largest absolute Gasteiger partial charge is 0.457 e. The third-order valence-electron chi connectivity index (χ3n) is 4.92. The van der Waals surface area contributed by atoms with E-state index in [4.69, 9.17) is 18.9 Å². The van der Waals surface area contributed by atoms with Gasteiger partial charge in [0.2, 0.25) is 5.79 Å². The number of nitrogens with one attached hydrogen (secondary N) is 1. The molecular formula is C25H31NO7. The molecule has 1 aromatic rings. The number of carbonyl (C=O) groups is 2. The van der Waals surface area contributed by atoms with Crippen LogP contribution in [0, 0.1) is 11.8 Å². The Labute approximate surface area is 194 Å². The van der Waals surface area contributed by atoms with Gasteiger partial charge in [0.05, 0.1) is 25.4 Å². The Hall–Kier alpha value is -2.86. The summed E-state index contributed by atoms with van der Waals surface area (Å²) in [6.07, 6.45) is 2.68. The molecule has 1 atom stereocenters. The molecular weight excluding hydrogens is 426 g/mol. The van der Waals surface area contributed by atoms with Crippen LogP contribution >= 0.6 is 0 Å². The lowest BCUT2D eigenvalue weighted by molar-refractivity contribution is -0.142. The summed E-state index contributed by atoms with van der Waals surface area (Å²) in [5, 5.41) is 13.3. The summed E-state index contributed by atoms with van der Waals surface area (Å²) in [5.74, 6) is 4.90. The first-order valence-corrected chi connectivity index (χ1v) is 11.1. The van der Waals surface area contributed by atoms with E-state index in [-0.39, 0.29) is 12.4 Å². The SMILES string of the molecule is CC(C)(C)OC(=O)NCCOCCOCC#Cc1ccc2c(c1)C=C1C(=O)CCCC1(O)O2. The van der Waals surface area contributed by atoms with Crippen molar-refractivity contribution >= 4 is 18.0 Å². The van der Waals surface area contributed by atoms with E-state index in [1.165, 1.54) is 0 Å². The van der Waals surface area contributed by atoms with Gasteiger partial charge in [0, 0.05) is 30.5 Å². The summed E-state index contributed by atoms with van der Waals surface area (Å²) in [6.45, 7) is 7.14. The lowest BCUT2D eigenvalue weighted by Crippen LogP contribution is -2.45. The first-order chi connectivity index (χ1) is 15.7. The fourth-order valence-electron chi connectivity index (χ4n) is 3.47. The van der Waals surface area contributed by atoms with Crippen LogP contribution in [0.3, 0.4) is 0 Å².